The molecule has 2 aromatic carbocycles. The van der Waals surface area contributed by atoms with Gasteiger partial charge in [-0.3, -0.25) is 0 Å². The SMILES string of the molecule is Nn1c(SCCOc2ccccc2)nnc1-c1cccc(Cl)c1. The van der Waals surface area contributed by atoms with Gasteiger partial charge in [0.05, 0.1) is 6.61 Å². The lowest BCUT2D eigenvalue weighted by atomic mass is 10.2. The maximum Gasteiger partial charge on any atom is 0.210 e. The van der Waals surface area contributed by atoms with Crippen LogP contribution in [0.4, 0.5) is 0 Å². The molecule has 0 aliphatic rings. The van der Waals surface area contributed by atoms with Gasteiger partial charge in [-0.05, 0) is 24.3 Å². The maximum absolute atomic E-state index is 6.07. The first-order valence-corrected chi connectivity index (χ1v) is 8.37. The van der Waals surface area contributed by atoms with Gasteiger partial charge >= 0.3 is 0 Å². The molecule has 3 rings (SSSR count). The molecule has 118 valence electrons. The number of hydrogen-bond acceptors (Lipinski definition) is 5. The summed E-state index contributed by atoms with van der Waals surface area (Å²) in [6.45, 7) is 0.564. The van der Waals surface area contributed by atoms with Gasteiger partial charge in [0, 0.05) is 16.3 Å². The van der Waals surface area contributed by atoms with E-state index in [9.17, 15) is 0 Å². The predicted octanol–water partition coefficient (Wildman–Crippen LogP) is 3.48. The summed E-state index contributed by atoms with van der Waals surface area (Å²) in [7, 11) is 0. The summed E-state index contributed by atoms with van der Waals surface area (Å²) in [4.78, 5) is 0. The van der Waals surface area contributed by atoms with E-state index in [1.807, 2.05) is 48.5 Å². The summed E-state index contributed by atoms with van der Waals surface area (Å²) in [5.74, 6) is 8.22. The first kappa shape index (κ1) is 15.7. The highest BCUT2D eigenvalue weighted by Gasteiger charge is 2.12. The number of para-hydroxylation sites is 1. The molecule has 0 bridgehead atoms. The van der Waals surface area contributed by atoms with Crippen molar-refractivity contribution in [2.45, 2.75) is 5.16 Å². The first-order valence-electron chi connectivity index (χ1n) is 7.01. The molecule has 0 amide bonds. The number of aromatic nitrogens is 3. The molecule has 0 saturated heterocycles. The smallest absolute Gasteiger partial charge is 0.210 e. The molecule has 0 aliphatic heterocycles. The highest BCUT2D eigenvalue weighted by atomic mass is 35.5. The largest absolute Gasteiger partial charge is 0.493 e. The zero-order chi connectivity index (χ0) is 16.1. The van der Waals surface area contributed by atoms with Crippen LogP contribution < -0.4 is 10.6 Å². The van der Waals surface area contributed by atoms with Gasteiger partial charge < -0.3 is 10.6 Å². The van der Waals surface area contributed by atoms with Gasteiger partial charge in [0.15, 0.2) is 5.82 Å². The Balaban J connectivity index is 1.59. The molecule has 3 aromatic rings. The Bertz CT molecular complexity index is 779. The van der Waals surface area contributed by atoms with Gasteiger partial charge in [-0.15, -0.1) is 10.2 Å². The summed E-state index contributed by atoms with van der Waals surface area (Å²) in [6, 6.07) is 17.0. The third-order valence-corrected chi connectivity index (χ3v) is 4.22. The van der Waals surface area contributed by atoms with E-state index in [-0.39, 0.29) is 0 Å². The van der Waals surface area contributed by atoms with Gasteiger partial charge in [0.25, 0.3) is 0 Å². The fraction of sp³-hybridized carbons (Fsp3) is 0.125. The molecule has 2 N–H and O–H groups in total. The van der Waals surface area contributed by atoms with E-state index >= 15 is 0 Å². The highest BCUT2D eigenvalue weighted by molar-refractivity contribution is 7.99. The zero-order valence-electron chi connectivity index (χ0n) is 12.2. The normalized spacial score (nSPS) is 10.7. The van der Waals surface area contributed by atoms with Crippen molar-refractivity contribution in [2.75, 3.05) is 18.2 Å². The highest BCUT2D eigenvalue weighted by Crippen LogP contribution is 2.23. The van der Waals surface area contributed by atoms with Gasteiger partial charge in [-0.2, -0.15) is 0 Å². The molecule has 0 fully saturated rings. The van der Waals surface area contributed by atoms with Crippen LogP contribution in [0.15, 0.2) is 59.8 Å². The van der Waals surface area contributed by atoms with Crippen LogP contribution in [0, 0.1) is 0 Å². The molecule has 0 saturated carbocycles. The number of rotatable bonds is 6. The first-order chi connectivity index (χ1) is 11.2. The summed E-state index contributed by atoms with van der Waals surface area (Å²) in [5, 5.41) is 9.52. The van der Waals surface area contributed by atoms with Crippen molar-refractivity contribution in [3.8, 4) is 17.1 Å². The number of halogens is 1. The van der Waals surface area contributed by atoms with Crippen LogP contribution in [-0.4, -0.2) is 27.2 Å². The van der Waals surface area contributed by atoms with Gasteiger partial charge in [-0.25, -0.2) is 4.68 Å². The van der Waals surface area contributed by atoms with Crippen LogP contribution in [0.2, 0.25) is 5.02 Å². The molecule has 5 nitrogen and oxygen atoms in total. The van der Waals surface area contributed by atoms with E-state index in [2.05, 4.69) is 10.2 Å². The summed E-state index contributed by atoms with van der Waals surface area (Å²) < 4.78 is 7.11. The van der Waals surface area contributed by atoms with E-state index in [0.717, 1.165) is 17.1 Å². The second-order valence-electron chi connectivity index (χ2n) is 4.70. The number of nitrogen functional groups attached to an aromatic ring is 1. The molecule has 0 aliphatic carbocycles. The topological polar surface area (TPSA) is 66.0 Å². The van der Waals surface area contributed by atoms with Gasteiger partial charge in [0.1, 0.15) is 5.75 Å². The van der Waals surface area contributed by atoms with E-state index in [1.54, 1.807) is 6.07 Å². The number of nitrogens with zero attached hydrogens (tertiary/aromatic N) is 3. The van der Waals surface area contributed by atoms with Crippen LogP contribution in [0.5, 0.6) is 5.75 Å². The minimum absolute atomic E-state index is 0.564. The summed E-state index contributed by atoms with van der Waals surface area (Å²) in [5.41, 5.74) is 0.833. The lowest BCUT2D eigenvalue weighted by molar-refractivity contribution is 0.344. The average molecular weight is 347 g/mol. The van der Waals surface area contributed by atoms with Crippen molar-refractivity contribution in [2.24, 2.45) is 0 Å². The van der Waals surface area contributed by atoms with Crippen molar-refractivity contribution in [3.63, 3.8) is 0 Å². The fourth-order valence-electron chi connectivity index (χ4n) is 2.01. The second kappa shape index (κ2) is 7.39. The number of benzene rings is 2. The molecule has 23 heavy (non-hydrogen) atoms. The summed E-state index contributed by atoms with van der Waals surface area (Å²) >= 11 is 7.49. The van der Waals surface area contributed by atoms with Crippen molar-refractivity contribution < 1.29 is 4.74 Å². The standard InChI is InChI=1S/C16H15ClN4OS/c17-13-6-4-5-12(11-13)15-19-20-16(21(15)18)23-10-9-22-14-7-2-1-3-8-14/h1-8,11H,9-10,18H2. The maximum atomic E-state index is 6.07. The van der Waals surface area contributed by atoms with Crippen LogP contribution in [0.3, 0.4) is 0 Å². The Morgan fingerprint density at radius 2 is 1.91 bits per heavy atom. The monoisotopic (exact) mass is 346 g/mol. The molecule has 0 radical (unpaired) electrons. The molecule has 0 spiro atoms. The van der Waals surface area contributed by atoms with E-state index in [4.69, 9.17) is 22.2 Å². The molecule has 0 unspecified atom stereocenters. The Morgan fingerprint density at radius 1 is 1.09 bits per heavy atom. The Morgan fingerprint density at radius 3 is 2.70 bits per heavy atom. The molecule has 1 aromatic heterocycles. The molecule has 7 heteroatoms. The Kier molecular flexibility index (Phi) is 5.05. The number of nitrogens with two attached hydrogens (primary N) is 1. The second-order valence-corrected chi connectivity index (χ2v) is 6.20. The van der Waals surface area contributed by atoms with Gasteiger partial charge in [-0.1, -0.05) is 53.7 Å². The Labute approximate surface area is 143 Å². The number of hydrogen-bond donors (Lipinski definition) is 1. The van der Waals surface area contributed by atoms with Crippen LogP contribution in [0.1, 0.15) is 0 Å². The van der Waals surface area contributed by atoms with E-state index in [1.165, 1.54) is 16.4 Å². The van der Waals surface area contributed by atoms with Gasteiger partial charge in [0.2, 0.25) is 5.16 Å². The molecular weight excluding hydrogens is 332 g/mol. The van der Waals surface area contributed by atoms with Crippen LogP contribution in [-0.2, 0) is 0 Å². The van der Waals surface area contributed by atoms with Crippen molar-refractivity contribution in [3.05, 3.63) is 59.6 Å². The quantitative estimate of drug-likeness (QED) is 0.420. The van der Waals surface area contributed by atoms with Crippen LogP contribution in [0.25, 0.3) is 11.4 Å². The third kappa shape index (κ3) is 3.97. The molecule has 1 heterocycles. The summed E-state index contributed by atoms with van der Waals surface area (Å²) in [6.07, 6.45) is 0. The Hall–Kier alpha value is -2.18. The number of thioether (sulfide) groups is 1. The van der Waals surface area contributed by atoms with Crippen molar-refractivity contribution in [1.29, 1.82) is 0 Å². The minimum atomic E-state index is 0.564. The lowest BCUT2D eigenvalue weighted by Gasteiger charge is -2.06. The van der Waals surface area contributed by atoms with Crippen molar-refractivity contribution >= 4 is 23.4 Å². The average Bonchev–Trinajstić information content (AvgIpc) is 2.93. The lowest BCUT2D eigenvalue weighted by Crippen LogP contribution is -2.12. The number of ether oxygens (including phenoxy) is 1. The predicted molar refractivity (Wildman–Crippen MR) is 93.3 cm³/mol. The molecular formula is C16H15ClN4OS. The van der Waals surface area contributed by atoms with E-state index < -0.39 is 0 Å². The third-order valence-electron chi connectivity index (χ3n) is 3.07. The fourth-order valence-corrected chi connectivity index (χ4v) is 2.87. The van der Waals surface area contributed by atoms with Crippen molar-refractivity contribution in [1.82, 2.24) is 14.9 Å². The zero-order valence-corrected chi connectivity index (χ0v) is 13.8. The van der Waals surface area contributed by atoms with E-state index in [0.29, 0.717) is 22.6 Å². The molecule has 0 atom stereocenters. The minimum Gasteiger partial charge on any atom is -0.493 e. The van der Waals surface area contributed by atoms with Crippen LogP contribution >= 0.6 is 23.4 Å².